The minimum absolute atomic E-state index is 0.199. The zero-order valence-corrected chi connectivity index (χ0v) is 10.1. The van der Waals surface area contributed by atoms with Crippen LogP contribution in [0.2, 0.25) is 0 Å². The molecule has 0 aromatic heterocycles. The van der Waals surface area contributed by atoms with Gasteiger partial charge in [-0.05, 0) is 39.3 Å². The number of rotatable bonds is 3. The number of carbonyl (C=O) groups is 1. The number of hydrogen-bond acceptors (Lipinski definition) is 3. The third-order valence-electron chi connectivity index (χ3n) is 3.65. The van der Waals surface area contributed by atoms with Crippen molar-refractivity contribution in [1.29, 1.82) is 0 Å². The van der Waals surface area contributed by atoms with Gasteiger partial charge in [-0.3, -0.25) is 4.79 Å². The smallest absolute Gasteiger partial charge is 0.223 e. The van der Waals surface area contributed by atoms with E-state index in [-0.39, 0.29) is 5.91 Å². The minimum atomic E-state index is -0.663. The summed E-state index contributed by atoms with van der Waals surface area (Å²) < 4.78 is 0. The fourth-order valence-electron chi connectivity index (χ4n) is 2.58. The van der Waals surface area contributed by atoms with Gasteiger partial charge >= 0.3 is 0 Å². The lowest BCUT2D eigenvalue weighted by atomic mass is 10.1. The van der Waals surface area contributed by atoms with Crippen molar-refractivity contribution in [2.24, 2.45) is 0 Å². The van der Waals surface area contributed by atoms with Crippen LogP contribution in [-0.2, 0) is 4.79 Å². The van der Waals surface area contributed by atoms with E-state index in [1.54, 1.807) is 11.8 Å². The Balaban J connectivity index is 1.71. The first kappa shape index (κ1) is 11.9. The van der Waals surface area contributed by atoms with Gasteiger partial charge in [0.15, 0.2) is 0 Å². The Morgan fingerprint density at radius 1 is 1.31 bits per heavy atom. The molecule has 2 rings (SSSR count). The van der Waals surface area contributed by atoms with Gasteiger partial charge in [-0.25, -0.2) is 0 Å². The molecule has 4 heteroatoms. The Hall–Kier alpha value is -0.610. The molecule has 0 bridgehead atoms. The zero-order valence-electron chi connectivity index (χ0n) is 10.1. The minimum Gasteiger partial charge on any atom is -0.388 e. The van der Waals surface area contributed by atoms with E-state index in [9.17, 15) is 9.90 Å². The van der Waals surface area contributed by atoms with Crippen LogP contribution in [0.1, 0.15) is 32.6 Å². The number of β-amino-alcohol motifs (C(OH)–C–C–N with tert-alkyl or cyclic N) is 1. The maximum Gasteiger partial charge on any atom is 0.223 e. The second kappa shape index (κ2) is 4.72. The number of hydrogen-bond donors (Lipinski definition) is 1. The molecule has 1 amide bonds. The fraction of sp³-hybridized carbons (Fsp3) is 0.917. The number of amides is 1. The lowest BCUT2D eigenvalue weighted by Crippen LogP contribution is -2.35. The highest BCUT2D eigenvalue weighted by atomic mass is 16.3. The molecule has 1 N–H and O–H groups in total. The van der Waals surface area contributed by atoms with Crippen LogP contribution in [0.4, 0.5) is 0 Å². The van der Waals surface area contributed by atoms with Crippen LogP contribution >= 0.6 is 0 Å². The molecular formula is C12H22N2O2. The van der Waals surface area contributed by atoms with E-state index in [2.05, 4.69) is 4.90 Å². The van der Waals surface area contributed by atoms with Gasteiger partial charge in [0.05, 0.1) is 5.60 Å². The van der Waals surface area contributed by atoms with Crippen molar-refractivity contribution in [2.45, 2.75) is 38.2 Å². The van der Waals surface area contributed by atoms with Crippen LogP contribution in [-0.4, -0.2) is 59.1 Å². The highest BCUT2D eigenvalue weighted by molar-refractivity contribution is 5.76. The van der Waals surface area contributed by atoms with Crippen molar-refractivity contribution < 1.29 is 9.90 Å². The topological polar surface area (TPSA) is 43.8 Å². The van der Waals surface area contributed by atoms with Gasteiger partial charge in [-0.15, -0.1) is 0 Å². The van der Waals surface area contributed by atoms with Gasteiger partial charge in [0.1, 0.15) is 0 Å². The fourth-order valence-corrected chi connectivity index (χ4v) is 2.58. The Bertz CT molecular complexity index is 260. The molecule has 1 unspecified atom stereocenters. The zero-order chi connectivity index (χ0) is 11.6. The third kappa shape index (κ3) is 2.95. The van der Waals surface area contributed by atoms with Crippen LogP contribution < -0.4 is 0 Å². The third-order valence-corrected chi connectivity index (χ3v) is 3.65. The monoisotopic (exact) mass is 226 g/mol. The average molecular weight is 226 g/mol. The Morgan fingerprint density at radius 2 is 2.00 bits per heavy atom. The largest absolute Gasteiger partial charge is 0.388 e. The highest BCUT2D eigenvalue weighted by Gasteiger charge is 2.33. The van der Waals surface area contributed by atoms with Crippen LogP contribution in [0.3, 0.4) is 0 Å². The molecule has 2 fully saturated rings. The summed E-state index contributed by atoms with van der Waals surface area (Å²) in [5.74, 6) is 0.199. The molecule has 0 saturated carbocycles. The Labute approximate surface area is 97.2 Å². The Kier molecular flexibility index (Phi) is 3.50. The van der Waals surface area contributed by atoms with Crippen LogP contribution in [0, 0.1) is 0 Å². The number of likely N-dealkylation sites (tertiary alicyclic amines) is 2. The van der Waals surface area contributed by atoms with E-state index in [1.807, 2.05) is 0 Å². The maximum atomic E-state index is 11.9. The maximum absolute atomic E-state index is 11.9. The first-order chi connectivity index (χ1) is 7.57. The van der Waals surface area contributed by atoms with Crippen LogP contribution in [0.25, 0.3) is 0 Å². The van der Waals surface area contributed by atoms with Crippen LogP contribution in [0.5, 0.6) is 0 Å². The molecular weight excluding hydrogens is 204 g/mol. The summed E-state index contributed by atoms with van der Waals surface area (Å²) >= 11 is 0. The van der Waals surface area contributed by atoms with E-state index in [1.165, 1.54) is 12.8 Å². The van der Waals surface area contributed by atoms with Crippen molar-refractivity contribution in [2.75, 3.05) is 32.7 Å². The summed E-state index contributed by atoms with van der Waals surface area (Å²) in [6.45, 7) is 6.20. The summed E-state index contributed by atoms with van der Waals surface area (Å²) in [7, 11) is 0. The van der Waals surface area contributed by atoms with E-state index >= 15 is 0 Å². The van der Waals surface area contributed by atoms with E-state index in [4.69, 9.17) is 0 Å². The summed E-state index contributed by atoms with van der Waals surface area (Å²) in [6.07, 6.45) is 3.86. The molecule has 0 radical (unpaired) electrons. The molecule has 0 aliphatic carbocycles. The first-order valence-corrected chi connectivity index (χ1v) is 6.29. The van der Waals surface area contributed by atoms with Gasteiger partial charge < -0.3 is 14.9 Å². The van der Waals surface area contributed by atoms with E-state index in [0.717, 1.165) is 19.6 Å². The second-order valence-corrected chi connectivity index (χ2v) is 5.36. The molecule has 4 nitrogen and oxygen atoms in total. The Morgan fingerprint density at radius 3 is 2.56 bits per heavy atom. The van der Waals surface area contributed by atoms with Gasteiger partial charge in [-0.1, -0.05) is 0 Å². The lowest BCUT2D eigenvalue weighted by Gasteiger charge is -2.20. The molecule has 2 aliphatic heterocycles. The van der Waals surface area contributed by atoms with Crippen LogP contribution in [0.15, 0.2) is 0 Å². The highest BCUT2D eigenvalue weighted by Crippen LogP contribution is 2.20. The van der Waals surface area contributed by atoms with E-state index < -0.39 is 5.60 Å². The normalized spacial score (nSPS) is 31.2. The first-order valence-electron chi connectivity index (χ1n) is 6.29. The molecule has 92 valence electrons. The quantitative estimate of drug-likeness (QED) is 0.760. The van der Waals surface area contributed by atoms with Gasteiger partial charge in [0, 0.05) is 26.1 Å². The van der Waals surface area contributed by atoms with E-state index in [0.29, 0.717) is 25.9 Å². The summed E-state index contributed by atoms with van der Waals surface area (Å²) in [6, 6.07) is 0. The standard InChI is InChI=1S/C12H22N2O2/c1-12(16)5-9-14(10-12)11(15)4-8-13-6-2-3-7-13/h16H,2-10H2,1H3. The molecule has 2 heterocycles. The molecule has 0 aromatic rings. The molecule has 2 aliphatic rings. The SMILES string of the molecule is CC1(O)CCN(C(=O)CCN2CCCC2)C1. The predicted octanol–water partition coefficient (Wildman–Crippen LogP) is 0.456. The van der Waals surface area contributed by atoms with Gasteiger partial charge in [0.25, 0.3) is 0 Å². The summed E-state index contributed by atoms with van der Waals surface area (Å²) in [5.41, 5.74) is -0.663. The summed E-state index contributed by atoms with van der Waals surface area (Å²) in [4.78, 5) is 16.0. The average Bonchev–Trinajstić information content (AvgIpc) is 2.83. The van der Waals surface area contributed by atoms with Crippen molar-refractivity contribution in [3.8, 4) is 0 Å². The predicted molar refractivity (Wildman–Crippen MR) is 62.1 cm³/mol. The number of aliphatic hydroxyl groups is 1. The molecule has 16 heavy (non-hydrogen) atoms. The van der Waals surface area contributed by atoms with Crippen molar-refractivity contribution in [3.05, 3.63) is 0 Å². The molecule has 2 saturated heterocycles. The van der Waals surface area contributed by atoms with Gasteiger partial charge in [-0.2, -0.15) is 0 Å². The van der Waals surface area contributed by atoms with Crippen molar-refractivity contribution in [1.82, 2.24) is 9.80 Å². The molecule has 1 atom stereocenters. The van der Waals surface area contributed by atoms with Crippen molar-refractivity contribution in [3.63, 3.8) is 0 Å². The second-order valence-electron chi connectivity index (χ2n) is 5.36. The molecule has 0 aromatic carbocycles. The molecule has 0 spiro atoms. The van der Waals surface area contributed by atoms with Crippen molar-refractivity contribution >= 4 is 5.91 Å². The van der Waals surface area contributed by atoms with Gasteiger partial charge in [0.2, 0.25) is 5.91 Å². The summed E-state index contributed by atoms with van der Waals surface area (Å²) in [5, 5.41) is 9.79. The number of carbonyl (C=O) groups excluding carboxylic acids is 1. The lowest BCUT2D eigenvalue weighted by molar-refractivity contribution is -0.131. The number of nitrogens with zero attached hydrogens (tertiary/aromatic N) is 2.